The molecular weight excluding hydrogens is 318 g/mol. The summed E-state index contributed by atoms with van der Waals surface area (Å²) >= 11 is 0. The molecule has 1 aromatic carbocycles. The highest BCUT2D eigenvalue weighted by atomic mass is 16.6. The molecule has 3 aliphatic rings. The second-order valence-corrected chi connectivity index (χ2v) is 5.89. The van der Waals surface area contributed by atoms with Gasteiger partial charge in [0, 0.05) is 24.0 Å². The summed E-state index contributed by atoms with van der Waals surface area (Å²) in [5.74, 6) is -5.27. The fourth-order valence-electron chi connectivity index (χ4n) is 4.05. The van der Waals surface area contributed by atoms with E-state index in [-0.39, 0.29) is 17.9 Å². The second kappa shape index (κ2) is 5.70. The molecule has 0 N–H and O–H groups in total. The molecule has 1 saturated carbocycles. The summed E-state index contributed by atoms with van der Waals surface area (Å²) in [5, 5.41) is 11.4. The number of carbonyl (C=O) groups is 3. The average Bonchev–Trinajstić information content (AvgIpc) is 2.59. The summed E-state index contributed by atoms with van der Waals surface area (Å²) in [7, 11) is 2.36. The number of ether oxygens (including phenoxy) is 2. The number of carbonyl (C=O) groups excluding carboxylic acids is 3. The minimum Gasteiger partial charge on any atom is -0.469 e. The van der Waals surface area contributed by atoms with Gasteiger partial charge < -0.3 is 9.47 Å². The Morgan fingerprint density at radius 1 is 1.17 bits per heavy atom. The highest BCUT2D eigenvalue weighted by molar-refractivity contribution is 5.99. The van der Waals surface area contributed by atoms with Gasteiger partial charge in [0.25, 0.3) is 5.69 Å². The first kappa shape index (κ1) is 16.1. The Bertz CT molecular complexity index is 757. The first-order valence-corrected chi connectivity index (χ1v) is 7.38. The lowest BCUT2D eigenvalue weighted by molar-refractivity contribution is -0.386. The van der Waals surface area contributed by atoms with Crippen molar-refractivity contribution in [1.82, 2.24) is 0 Å². The third kappa shape index (κ3) is 2.10. The number of Topliss-reactive ketones (excluding diaryl/α,β-unsaturated/α-hetero) is 1. The number of esters is 2. The lowest BCUT2D eigenvalue weighted by Gasteiger charge is -2.45. The Hall–Kier alpha value is -2.77. The summed E-state index contributed by atoms with van der Waals surface area (Å²) in [6, 6.07) is 4.42. The van der Waals surface area contributed by atoms with Crippen LogP contribution >= 0.6 is 0 Å². The van der Waals surface area contributed by atoms with E-state index in [1.807, 2.05) is 0 Å². The molecule has 0 saturated heterocycles. The lowest BCUT2D eigenvalue weighted by Crippen LogP contribution is -2.50. The van der Waals surface area contributed by atoms with Crippen LogP contribution in [0, 0.1) is 22.0 Å². The maximum Gasteiger partial charge on any atom is 0.310 e. The molecule has 0 unspecified atom stereocenters. The van der Waals surface area contributed by atoms with Crippen molar-refractivity contribution in [3.8, 4) is 0 Å². The Morgan fingerprint density at radius 2 is 1.79 bits per heavy atom. The zero-order valence-corrected chi connectivity index (χ0v) is 13.1. The van der Waals surface area contributed by atoms with Crippen LogP contribution in [-0.2, 0) is 23.9 Å². The highest BCUT2D eigenvalue weighted by Crippen LogP contribution is 2.56. The largest absolute Gasteiger partial charge is 0.469 e. The number of hydrogen-bond acceptors (Lipinski definition) is 7. The fraction of sp³-hybridized carbons (Fsp3) is 0.438. The van der Waals surface area contributed by atoms with Gasteiger partial charge in [-0.3, -0.25) is 24.5 Å². The number of methoxy groups -OCH3 is 2. The maximum atomic E-state index is 12.5. The molecule has 24 heavy (non-hydrogen) atoms. The number of fused-ring (bicyclic) bond motifs is 2. The van der Waals surface area contributed by atoms with E-state index < -0.39 is 40.5 Å². The molecule has 8 nitrogen and oxygen atoms in total. The number of nitro groups is 1. The molecule has 0 amide bonds. The SMILES string of the molecule is COC(=O)[C@@H]1[C@H](C(=O)OC)[C@H]2C(=O)C[C@H]1c1c2cccc1[N+](=O)[O-]. The number of nitro benzene ring substituents is 1. The van der Waals surface area contributed by atoms with Crippen LogP contribution in [0.3, 0.4) is 0 Å². The number of nitrogens with zero attached hydrogens (tertiary/aromatic N) is 1. The van der Waals surface area contributed by atoms with E-state index in [1.165, 1.54) is 26.4 Å². The predicted octanol–water partition coefficient (Wildman–Crippen LogP) is 1.33. The molecule has 1 aromatic rings. The van der Waals surface area contributed by atoms with Crippen molar-refractivity contribution in [2.75, 3.05) is 14.2 Å². The summed E-state index contributed by atoms with van der Waals surface area (Å²) in [4.78, 5) is 47.8. The van der Waals surface area contributed by atoms with E-state index in [2.05, 4.69) is 0 Å². The van der Waals surface area contributed by atoms with E-state index in [0.29, 0.717) is 11.1 Å². The van der Waals surface area contributed by atoms with Gasteiger partial charge in [-0.15, -0.1) is 0 Å². The third-order valence-electron chi connectivity index (χ3n) is 4.91. The Balaban J connectivity index is 2.26. The molecule has 0 aliphatic heterocycles. The third-order valence-corrected chi connectivity index (χ3v) is 4.91. The number of hydrogen-bond donors (Lipinski definition) is 0. The van der Waals surface area contributed by atoms with Crippen LogP contribution in [-0.4, -0.2) is 36.9 Å². The van der Waals surface area contributed by atoms with Crippen molar-refractivity contribution in [3.63, 3.8) is 0 Å². The second-order valence-electron chi connectivity index (χ2n) is 5.89. The molecule has 4 rings (SSSR count). The monoisotopic (exact) mass is 333 g/mol. The van der Waals surface area contributed by atoms with Gasteiger partial charge in [-0.2, -0.15) is 0 Å². The zero-order chi connectivity index (χ0) is 17.6. The van der Waals surface area contributed by atoms with Crippen LogP contribution in [0.4, 0.5) is 5.69 Å². The molecule has 3 aliphatic carbocycles. The van der Waals surface area contributed by atoms with Crippen molar-refractivity contribution in [2.24, 2.45) is 11.8 Å². The van der Waals surface area contributed by atoms with Crippen molar-refractivity contribution in [2.45, 2.75) is 18.3 Å². The lowest BCUT2D eigenvalue weighted by atomic mass is 9.55. The van der Waals surface area contributed by atoms with Gasteiger partial charge in [-0.05, 0) is 5.56 Å². The van der Waals surface area contributed by atoms with Crippen LogP contribution in [0.5, 0.6) is 0 Å². The fourth-order valence-corrected chi connectivity index (χ4v) is 4.05. The van der Waals surface area contributed by atoms with Crippen LogP contribution in [0.1, 0.15) is 29.4 Å². The quantitative estimate of drug-likeness (QED) is 0.466. The molecular formula is C16H15NO7. The van der Waals surface area contributed by atoms with E-state index in [4.69, 9.17) is 9.47 Å². The summed E-state index contributed by atoms with van der Waals surface area (Å²) in [6.45, 7) is 0. The minimum absolute atomic E-state index is 0.0320. The Morgan fingerprint density at radius 3 is 2.38 bits per heavy atom. The van der Waals surface area contributed by atoms with Gasteiger partial charge >= 0.3 is 11.9 Å². The molecule has 4 atom stereocenters. The van der Waals surface area contributed by atoms with E-state index in [9.17, 15) is 24.5 Å². The van der Waals surface area contributed by atoms with Crippen LogP contribution in [0.15, 0.2) is 18.2 Å². The standard InChI is InChI=1S/C16H15NO7/c1-23-15(19)13-8-6-10(18)12(14(13)16(20)24-2)7-4-3-5-9(11(7)8)17(21)22/h3-5,8,12-14H,6H2,1-2H3/t8-,12+,13-,14+/m0/s1. The highest BCUT2D eigenvalue weighted by Gasteiger charge is 2.59. The van der Waals surface area contributed by atoms with Gasteiger partial charge in [-0.25, -0.2) is 0 Å². The first-order chi connectivity index (χ1) is 11.4. The van der Waals surface area contributed by atoms with Gasteiger partial charge in [0.05, 0.1) is 36.9 Å². The van der Waals surface area contributed by atoms with E-state index in [0.717, 1.165) is 0 Å². The van der Waals surface area contributed by atoms with Gasteiger partial charge in [0.15, 0.2) is 0 Å². The van der Waals surface area contributed by atoms with Crippen molar-refractivity contribution >= 4 is 23.4 Å². The molecule has 8 heteroatoms. The van der Waals surface area contributed by atoms with Gasteiger partial charge in [0.2, 0.25) is 0 Å². The molecule has 0 spiro atoms. The molecule has 0 aromatic heterocycles. The topological polar surface area (TPSA) is 113 Å². The van der Waals surface area contributed by atoms with E-state index >= 15 is 0 Å². The summed E-state index contributed by atoms with van der Waals surface area (Å²) in [6.07, 6.45) is -0.0320. The molecule has 0 radical (unpaired) electrons. The van der Waals surface area contributed by atoms with Crippen LogP contribution in [0.25, 0.3) is 0 Å². The summed E-state index contributed by atoms with van der Waals surface area (Å²) in [5.41, 5.74) is 0.635. The van der Waals surface area contributed by atoms with Crippen molar-refractivity contribution < 1.29 is 28.8 Å². The van der Waals surface area contributed by atoms with Gasteiger partial charge in [-0.1, -0.05) is 12.1 Å². The van der Waals surface area contributed by atoms with Crippen molar-refractivity contribution in [3.05, 3.63) is 39.4 Å². The number of ketones is 1. The molecule has 2 bridgehead atoms. The molecule has 0 heterocycles. The number of benzene rings is 1. The van der Waals surface area contributed by atoms with Crippen molar-refractivity contribution in [1.29, 1.82) is 0 Å². The first-order valence-electron chi connectivity index (χ1n) is 7.38. The smallest absolute Gasteiger partial charge is 0.310 e. The van der Waals surface area contributed by atoms with Crippen LogP contribution < -0.4 is 0 Å². The van der Waals surface area contributed by atoms with E-state index in [1.54, 1.807) is 6.07 Å². The van der Waals surface area contributed by atoms with Gasteiger partial charge in [0.1, 0.15) is 5.78 Å². The zero-order valence-electron chi connectivity index (χ0n) is 13.1. The Labute approximate surface area is 136 Å². The average molecular weight is 333 g/mol. The summed E-state index contributed by atoms with van der Waals surface area (Å²) < 4.78 is 9.57. The molecule has 126 valence electrons. The minimum atomic E-state index is -1.02. The van der Waals surface area contributed by atoms with Crippen LogP contribution in [0.2, 0.25) is 0 Å². The normalized spacial score (nSPS) is 27.3. The Kier molecular flexibility index (Phi) is 3.82. The molecule has 1 fully saturated rings. The number of rotatable bonds is 3. The maximum absolute atomic E-state index is 12.5. The predicted molar refractivity (Wildman–Crippen MR) is 79.2 cm³/mol.